The molecule has 6 aromatic rings. The molecule has 1 aromatic heterocycles. The van der Waals surface area contributed by atoms with Crippen molar-refractivity contribution in [2.45, 2.75) is 44.9 Å². The molecule has 0 bridgehead atoms. The van der Waals surface area contributed by atoms with Crippen LogP contribution in [-0.4, -0.2) is 4.98 Å². The molecule has 0 spiro atoms. The van der Waals surface area contributed by atoms with Crippen molar-refractivity contribution in [1.82, 2.24) is 4.98 Å². The van der Waals surface area contributed by atoms with Gasteiger partial charge in [0.05, 0.1) is 5.52 Å². The number of nitrogens with zero attached hydrogens (tertiary/aromatic N) is 1. The fourth-order valence-electron chi connectivity index (χ4n) is 6.90. The first-order chi connectivity index (χ1) is 14.9. The predicted molar refractivity (Wildman–Crippen MR) is 134 cm³/mol. The highest BCUT2D eigenvalue weighted by atomic mass is 14.7. The van der Waals surface area contributed by atoms with E-state index in [9.17, 15) is 0 Å². The molecule has 1 nitrogen and oxygen atoms in total. The van der Waals surface area contributed by atoms with Crippen molar-refractivity contribution in [3.8, 4) is 0 Å². The van der Waals surface area contributed by atoms with Crippen LogP contribution in [0.4, 0.5) is 0 Å². The first-order valence-electron chi connectivity index (χ1n) is 11.3. The average Bonchev–Trinajstić information content (AvgIpc) is 2.94. The van der Waals surface area contributed by atoms with Gasteiger partial charge in [0.1, 0.15) is 0 Å². The maximum atomic E-state index is 5.05. The highest BCUT2D eigenvalue weighted by molar-refractivity contribution is 6.36. The second kappa shape index (κ2) is 5.34. The van der Waals surface area contributed by atoms with Crippen molar-refractivity contribution < 1.29 is 0 Å². The standard InChI is InChI=1S/C30H25N/c1-29(2)16-30(3,4)28-23(29)15-31-24-14-22-20-11-6-9-17-8-5-10-18(25(17)20)19-12-7-13-21(26(19)22)27(24)28/h5-15H,16H2,1-4H3. The van der Waals surface area contributed by atoms with E-state index in [1.807, 2.05) is 0 Å². The summed E-state index contributed by atoms with van der Waals surface area (Å²) in [6.45, 7) is 9.56. The lowest BCUT2D eigenvalue weighted by molar-refractivity contribution is 0.404. The number of hydrogen-bond acceptors (Lipinski definition) is 1. The summed E-state index contributed by atoms with van der Waals surface area (Å²) in [5.41, 5.74) is 4.33. The van der Waals surface area contributed by atoms with Crippen LogP contribution in [0.1, 0.15) is 45.2 Å². The molecule has 0 amide bonds. The Kier molecular flexibility index (Phi) is 3.01. The van der Waals surface area contributed by atoms with Gasteiger partial charge in [0, 0.05) is 11.6 Å². The number of benzene rings is 5. The SMILES string of the molecule is CC1(C)CC(C)(C)c2c1cnc1cc3c4cccc5cccc(c6cccc(c21)c63)c54. The summed E-state index contributed by atoms with van der Waals surface area (Å²) in [5.74, 6) is 0. The van der Waals surface area contributed by atoms with Crippen LogP contribution in [0.3, 0.4) is 0 Å². The van der Waals surface area contributed by atoms with Crippen LogP contribution in [0.2, 0.25) is 0 Å². The van der Waals surface area contributed by atoms with Gasteiger partial charge in [-0.25, -0.2) is 0 Å². The molecule has 0 radical (unpaired) electrons. The monoisotopic (exact) mass is 399 g/mol. The van der Waals surface area contributed by atoms with Crippen LogP contribution in [0, 0.1) is 0 Å². The van der Waals surface area contributed by atoms with Crippen LogP contribution in [-0.2, 0) is 10.8 Å². The number of rotatable bonds is 0. The third-order valence-electron chi connectivity index (χ3n) is 7.77. The summed E-state index contributed by atoms with van der Waals surface area (Å²) in [5, 5.41) is 12.1. The summed E-state index contributed by atoms with van der Waals surface area (Å²) in [7, 11) is 0. The highest BCUT2D eigenvalue weighted by Crippen LogP contribution is 2.53. The Labute approximate surface area is 182 Å². The van der Waals surface area contributed by atoms with E-state index in [1.165, 1.54) is 59.6 Å². The van der Waals surface area contributed by atoms with Gasteiger partial charge in [0.15, 0.2) is 0 Å². The largest absolute Gasteiger partial charge is 0.256 e. The van der Waals surface area contributed by atoms with Crippen LogP contribution < -0.4 is 0 Å². The fourth-order valence-corrected chi connectivity index (χ4v) is 6.90. The molecule has 0 fully saturated rings. The summed E-state index contributed by atoms with van der Waals surface area (Å²) < 4.78 is 0. The van der Waals surface area contributed by atoms with Crippen molar-refractivity contribution in [1.29, 1.82) is 0 Å². The molecule has 1 aliphatic carbocycles. The Morgan fingerprint density at radius 1 is 0.645 bits per heavy atom. The molecular formula is C30H25N. The van der Waals surface area contributed by atoms with Crippen LogP contribution in [0.15, 0.2) is 66.9 Å². The van der Waals surface area contributed by atoms with Crippen molar-refractivity contribution >= 4 is 54.0 Å². The molecule has 0 N–H and O–H groups in total. The van der Waals surface area contributed by atoms with E-state index < -0.39 is 0 Å². The maximum absolute atomic E-state index is 5.05. The molecule has 0 saturated heterocycles. The second-order valence-electron chi connectivity index (χ2n) is 10.7. The van der Waals surface area contributed by atoms with Crippen LogP contribution in [0.5, 0.6) is 0 Å². The molecule has 31 heavy (non-hydrogen) atoms. The quantitative estimate of drug-likeness (QED) is 0.185. The molecular weight excluding hydrogens is 374 g/mol. The average molecular weight is 400 g/mol. The molecule has 0 unspecified atom stereocenters. The summed E-state index contributed by atoms with van der Waals surface area (Å²) >= 11 is 0. The molecule has 7 rings (SSSR count). The van der Waals surface area contributed by atoms with Gasteiger partial charge in [0.2, 0.25) is 0 Å². The zero-order valence-corrected chi connectivity index (χ0v) is 18.5. The van der Waals surface area contributed by atoms with Gasteiger partial charge < -0.3 is 0 Å². The number of aromatic nitrogens is 1. The van der Waals surface area contributed by atoms with Crippen molar-refractivity contribution in [2.75, 3.05) is 0 Å². The minimum absolute atomic E-state index is 0.131. The lowest BCUT2D eigenvalue weighted by Crippen LogP contribution is -2.18. The second-order valence-corrected chi connectivity index (χ2v) is 10.7. The van der Waals surface area contributed by atoms with Crippen LogP contribution in [0.25, 0.3) is 54.0 Å². The van der Waals surface area contributed by atoms with Gasteiger partial charge in [-0.15, -0.1) is 0 Å². The van der Waals surface area contributed by atoms with Crippen LogP contribution >= 0.6 is 0 Å². The van der Waals surface area contributed by atoms with Gasteiger partial charge in [-0.3, -0.25) is 4.98 Å². The van der Waals surface area contributed by atoms with E-state index in [0.717, 1.165) is 11.9 Å². The number of hydrogen-bond donors (Lipinski definition) is 0. The van der Waals surface area contributed by atoms with Crippen molar-refractivity contribution in [3.63, 3.8) is 0 Å². The number of pyridine rings is 1. The third-order valence-corrected chi connectivity index (χ3v) is 7.77. The smallest absolute Gasteiger partial charge is 0.0717 e. The summed E-state index contributed by atoms with van der Waals surface area (Å²) in [6.07, 6.45) is 3.31. The summed E-state index contributed by atoms with van der Waals surface area (Å²) in [4.78, 5) is 5.05. The molecule has 150 valence electrons. The topological polar surface area (TPSA) is 12.9 Å². The van der Waals surface area contributed by atoms with E-state index in [1.54, 1.807) is 0 Å². The lowest BCUT2D eigenvalue weighted by Gasteiger charge is -2.23. The fraction of sp³-hybridized carbons (Fsp3) is 0.233. The Bertz CT molecular complexity index is 1700. The van der Waals surface area contributed by atoms with Gasteiger partial charge in [-0.1, -0.05) is 82.3 Å². The van der Waals surface area contributed by atoms with Crippen molar-refractivity contribution in [3.05, 3.63) is 78.0 Å². The Morgan fingerprint density at radius 3 is 2.00 bits per heavy atom. The highest BCUT2D eigenvalue weighted by Gasteiger charge is 2.43. The predicted octanol–water partition coefficient (Wildman–Crippen LogP) is 8.24. The first kappa shape index (κ1) is 17.5. The third kappa shape index (κ3) is 2.05. The zero-order chi connectivity index (χ0) is 21.1. The van der Waals surface area contributed by atoms with Gasteiger partial charge >= 0.3 is 0 Å². The Hall–Kier alpha value is -3.19. The lowest BCUT2D eigenvalue weighted by atomic mass is 9.80. The van der Waals surface area contributed by atoms with E-state index in [-0.39, 0.29) is 10.8 Å². The first-order valence-corrected chi connectivity index (χ1v) is 11.3. The Balaban J connectivity index is 1.82. The number of fused-ring (bicyclic) bond motifs is 6. The molecule has 0 saturated carbocycles. The molecule has 5 aromatic carbocycles. The van der Waals surface area contributed by atoms with E-state index in [0.29, 0.717) is 0 Å². The molecule has 1 heterocycles. The molecule has 1 aliphatic rings. The normalized spacial score (nSPS) is 17.4. The Morgan fingerprint density at radius 2 is 1.26 bits per heavy atom. The summed E-state index contributed by atoms with van der Waals surface area (Å²) in [6, 6.07) is 22.6. The van der Waals surface area contributed by atoms with E-state index >= 15 is 0 Å². The zero-order valence-electron chi connectivity index (χ0n) is 18.5. The molecule has 1 heteroatoms. The van der Waals surface area contributed by atoms with Gasteiger partial charge in [0.25, 0.3) is 0 Å². The molecule has 0 aliphatic heterocycles. The molecule has 0 atom stereocenters. The maximum Gasteiger partial charge on any atom is 0.0717 e. The van der Waals surface area contributed by atoms with Gasteiger partial charge in [-0.05, 0) is 77.5 Å². The van der Waals surface area contributed by atoms with Crippen molar-refractivity contribution in [2.24, 2.45) is 0 Å². The minimum atomic E-state index is 0.131. The van der Waals surface area contributed by atoms with E-state index in [4.69, 9.17) is 4.98 Å². The minimum Gasteiger partial charge on any atom is -0.256 e. The van der Waals surface area contributed by atoms with E-state index in [2.05, 4.69) is 94.6 Å². The van der Waals surface area contributed by atoms with Gasteiger partial charge in [-0.2, -0.15) is 0 Å².